The Bertz CT molecular complexity index is 1180. The first kappa shape index (κ1) is 18.6. The van der Waals surface area contributed by atoms with Crippen molar-refractivity contribution in [1.82, 2.24) is 23.8 Å². The fourth-order valence-electron chi connectivity index (χ4n) is 3.50. The van der Waals surface area contributed by atoms with Crippen molar-refractivity contribution in [3.05, 3.63) is 35.8 Å². The first-order valence-electron chi connectivity index (χ1n) is 8.67. The van der Waals surface area contributed by atoms with Crippen molar-refractivity contribution in [3.8, 4) is 5.75 Å². The van der Waals surface area contributed by atoms with Crippen molar-refractivity contribution in [3.63, 3.8) is 0 Å². The van der Waals surface area contributed by atoms with E-state index in [2.05, 4.69) is 10.1 Å². The number of fused-ring (bicyclic) bond motifs is 3. The van der Waals surface area contributed by atoms with Crippen LogP contribution in [-0.2, 0) is 10.2 Å². The highest BCUT2D eigenvalue weighted by atomic mass is 32.2. The molecule has 1 saturated heterocycles. The Hall–Kier alpha value is -2.76. The molecule has 0 saturated carbocycles. The third-order valence-electron chi connectivity index (χ3n) is 4.99. The van der Waals surface area contributed by atoms with Crippen LogP contribution in [0, 0.1) is 6.92 Å². The van der Waals surface area contributed by atoms with Gasteiger partial charge in [-0.2, -0.15) is 17.8 Å². The van der Waals surface area contributed by atoms with Crippen LogP contribution in [0.25, 0.3) is 16.4 Å². The van der Waals surface area contributed by atoms with Crippen LogP contribution in [0.3, 0.4) is 0 Å². The predicted octanol–water partition coefficient (Wildman–Crippen LogP) is 0.161. The third-order valence-corrected chi connectivity index (χ3v) is 6.07. The van der Waals surface area contributed by atoms with Crippen LogP contribution < -0.4 is 9.88 Å². The molecular weight excluding hydrogens is 384 g/mol. The average molecular weight is 404 g/mol. The molecule has 0 spiro atoms. The van der Waals surface area contributed by atoms with E-state index in [1.807, 2.05) is 19.1 Å². The van der Waals surface area contributed by atoms with Gasteiger partial charge in [0, 0.05) is 37.6 Å². The number of amides is 1. The van der Waals surface area contributed by atoms with E-state index >= 15 is 0 Å². The van der Waals surface area contributed by atoms with Crippen LogP contribution >= 0.6 is 0 Å². The first-order valence-corrected chi connectivity index (χ1v) is 10.2. The minimum absolute atomic E-state index is 0.169. The molecule has 28 heavy (non-hydrogen) atoms. The van der Waals surface area contributed by atoms with E-state index in [0.29, 0.717) is 16.6 Å². The predicted molar refractivity (Wildman–Crippen MR) is 102 cm³/mol. The molecular formula is C17H20N6O4S. The van der Waals surface area contributed by atoms with Crippen molar-refractivity contribution >= 4 is 32.5 Å². The maximum atomic E-state index is 13.1. The Balaban J connectivity index is 1.73. The highest BCUT2D eigenvalue weighted by Crippen LogP contribution is 2.29. The summed E-state index contributed by atoms with van der Waals surface area (Å²) in [5.74, 6) is 0.515. The van der Waals surface area contributed by atoms with Crippen molar-refractivity contribution in [2.45, 2.75) is 6.92 Å². The zero-order chi connectivity index (χ0) is 20.1. The van der Waals surface area contributed by atoms with E-state index in [4.69, 9.17) is 9.88 Å². The molecule has 0 aliphatic carbocycles. The van der Waals surface area contributed by atoms with Crippen LogP contribution in [0.5, 0.6) is 5.75 Å². The number of nitrogens with two attached hydrogens (primary N) is 1. The van der Waals surface area contributed by atoms with Gasteiger partial charge in [-0.3, -0.25) is 4.79 Å². The van der Waals surface area contributed by atoms with Gasteiger partial charge in [0.2, 0.25) is 0 Å². The molecule has 2 N–H and O–H groups in total. The fourth-order valence-corrected chi connectivity index (χ4v) is 4.17. The van der Waals surface area contributed by atoms with Gasteiger partial charge in [-0.15, -0.1) is 0 Å². The Morgan fingerprint density at radius 2 is 1.93 bits per heavy atom. The second-order valence-electron chi connectivity index (χ2n) is 6.67. The fraction of sp³-hybridized carbons (Fsp3) is 0.353. The van der Waals surface area contributed by atoms with Gasteiger partial charge in [0.05, 0.1) is 29.9 Å². The van der Waals surface area contributed by atoms with Crippen LogP contribution in [0.4, 0.5) is 0 Å². The molecule has 0 atom stereocenters. The van der Waals surface area contributed by atoms with E-state index in [0.717, 1.165) is 16.7 Å². The van der Waals surface area contributed by atoms with E-state index in [-0.39, 0.29) is 32.1 Å². The molecule has 1 aliphatic heterocycles. The average Bonchev–Trinajstić information content (AvgIpc) is 3.11. The van der Waals surface area contributed by atoms with Crippen molar-refractivity contribution in [2.75, 3.05) is 33.3 Å². The Kier molecular flexibility index (Phi) is 4.44. The minimum atomic E-state index is -3.74. The molecule has 0 unspecified atom stereocenters. The number of methoxy groups -OCH3 is 1. The molecule has 3 aromatic rings. The number of benzene rings is 1. The Morgan fingerprint density at radius 3 is 2.57 bits per heavy atom. The van der Waals surface area contributed by atoms with Gasteiger partial charge < -0.3 is 9.64 Å². The van der Waals surface area contributed by atoms with Crippen molar-refractivity contribution < 1.29 is 17.9 Å². The molecule has 2 aromatic heterocycles. The molecule has 1 amide bonds. The number of hydrogen-bond donors (Lipinski definition) is 1. The SMILES string of the molecule is COc1cc2ncn3ncc(C(=O)N4CCN(S(N)(=O)=O)CC4)c3c2cc1C. The van der Waals surface area contributed by atoms with Gasteiger partial charge in [-0.1, -0.05) is 0 Å². The zero-order valence-corrected chi connectivity index (χ0v) is 16.3. The highest BCUT2D eigenvalue weighted by Gasteiger charge is 2.28. The van der Waals surface area contributed by atoms with E-state index < -0.39 is 10.2 Å². The number of nitrogens with zero attached hydrogens (tertiary/aromatic N) is 5. The number of aryl methyl sites for hydroxylation is 1. The van der Waals surface area contributed by atoms with Crippen LogP contribution in [-0.4, -0.2) is 71.4 Å². The smallest absolute Gasteiger partial charge is 0.277 e. The van der Waals surface area contributed by atoms with Crippen LogP contribution in [0.15, 0.2) is 24.7 Å². The molecule has 3 heterocycles. The molecule has 1 aromatic carbocycles. The summed E-state index contributed by atoms with van der Waals surface area (Å²) >= 11 is 0. The molecule has 1 fully saturated rings. The lowest BCUT2D eigenvalue weighted by atomic mass is 10.1. The molecule has 4 rings (SSSR count). The maximum Gasteiger partial charge on any atom is 0.277 e. The van der Waals surface area contributed by atoms with Gasteiger partial charge >= 0.3 is 0 Å². The second-order valence-corrected chi connectivity index (χ2v) is 8.22. The van der Waals surface area contributed by atoms with Crippen molar-refractivity contribution in [2.24, 2.45) is 5.14 Å². The highest BCUT2D eigenvalue weighted by molar-refractivity contribution is 7.86. The van der Waals surface area contributed by atoms with E-state index in [9.17, 15) is 13.2 Å². The summed E-state index contributed by atoms with van der Waals surface area (Å²) < 4.78 is 31.0. The summed E-state index contributed by atoms with van der Waals surface area (Å²) in [7, 11) is -2.15. The number of aromatic nitrogens is 3. The quantitative estimate of drug-likeness (QED) is 0.663. The lowest BCUT2D eigenvalue weighted by Gasteiger charge is -2.32. The molecule has 10 nitrogen and oxygen atoms in total. The number of rotatable bonds is 3. The number of ether oxygens (including phenoxy) is 1. The van der Waals surface area contributed by atoms with Gasteiger partial charge in [-0.25, -0.2) is 14.6 Å². The Labute approximate surface area is 161 Å². The first-order chi connectivity index (χ1) is 13.3. The molecule has 11 heteroatoms. The number of piperazine rings is 1. The van der Waals surface area contributed by atoms with Crippen LogP contribution in [0.2, 0.25) is 0 Å². The van der Waals surface area contributed by atoms with Crippen molar-refractivity contribution in [1.29, 1.82) is 0 Å². The van der Waals surface area contributed by atoms with E-state index in [1.165, 1.54) is 10.5 Å². The van der Waals surface area contributed by atoms with Gasteiger partial charge in [0.25, 0.3) is 16.1 Å². The summed E-state index contributed by atoms with van der Waals surface area (Å²) in [4.78, 5) is 19.1. The summed E-state index contributed by atoms with van der Waals surface area (Å²) in [6.07, 6.45) is 3.08. The number of carbonyl (C=O) groups is 1. The maximum absolute atomic E-state index is 13.1. The third kappa shape index (κ3) is 3.07. The number of carbonyl (C=O) groups excluding carboxylic acids is 1. The largest absolute Gasteiger partial charge is 0.496 e. The topological polar surface area (TPSA) is 123 Å². The summed E-state index contributed by atoms with van der Waals surface area (Å²) in [6.45, 7) is 2.79. The normalized spacial score (nSPS) is 16.0. The molecule has 148 valence electrons. The molecule has 0 bridgehead atoms. The summed E-state index contributed by atoms with van der Waals surface area (Å²) in [6, 6.07) is 3.75. The lowest BCUT2D eigenvalue weighted by Crippen LogP contribution is -2.52. The summed E-state index contributed by atoms with van der Waals surface area (Å²) in [5, 5.41) is 10.2. The number of hydrogen-bond acceptors (Lipinski definition) is 6. The Morgan fingerprint density at radius 1 is 1.21 bits per heavy atom. The summed E-state index contributed by atoms with van der Waals surface area (Å²) in [5.41, 5.74) is 2.73. The monoisotopic (exact) mass is 404 g/mol. The van der Waals surface area contributed by atoms with E-state index in [1.54, 1.807) is 22.9 Å². The standard InChI is InChI=1S/C17H20N6O4S/c1-11-7-12-14(8-15(11)27-2)19-10-23-16(12)13(9-20-23)17(24)21-3-5-22(6-4-21)28(18,25)26/h7-10H,3-6H2,1-2H3,(H2,18,25,26). The van der Waals surface area contributed by atoms with Gasteiger partial charge in [0.1, 0.15) is 12.1 Å². The second kappa shape index (κ2) is 6.69. The van der Waals surface area contributed by atoms with Gasteiger partial charge in [-0.05, 0) is 18.6 Å². The molecule has 1 aliphatic rings. The van der Waals surface area contributed by atoms with Crippen LogP contribution in [0.1, 0.15) is 15.9 Å². The zero-order valence-electron chi connectivity index (χ0n) is 15.5. The minimum Gasteiger partial charge on any atom is -0.496 e. The lowest BCUT2D eigenvalue weighted by molar-refractivity contribution is 0.0700. The van der Waals surface area contributed by atoms with Gasteiger partial charge in [0.15, 0.2) is 0 Å². The molecule has 0 radical (unpaired) electrons.